The molecule has 2 aromatic rings. The SMILES string of the molecule is CC(=O)Cc1ccc(C(=O)Oc2cccc(OC(C)C)c2)cc1. The van der Waals surface area contributed by atoms with E-state index in [4.69, 9.17) is 9.47 Å². The molecule has 120 valence electrons. The second kappa shape index (κ2) is 7.58. The molecule has 0 heterocycles. The predicted molar refractivity (Wildman–Crippen MR) is 88.0 cm³/mol. The van der Waals surface area contributed by atoms with E-state index in [1.54, 1.807) is 42.5 Å². The Labute approximate surface area is 136 Å². The first-order valence-corrected chi connectivity index (χ1v) is 7.51. The van der Waals surface area contributed by atoms with Crippen LogP contribution in [-0.2, 0) is 11.2 Å². The van der Waals surface area contributed by atoms with Gasteiger partial charge in [0.15, 0.2) is 0 Å². The van der Waals surface area contributed by atoms with Gasteiger partial charge in [-0.3, -0.25) is 4.79 Å². The maximum absolute atomic E-state index is 12.2. The van der Waals surface area contributed by atoms with E-state index in [1.165, 1.54) is 6.92 Å². The van der Waals surface area contributed by atoms with Crippen molar-refractivity contribution in [1.82, 2.24) is 0 Å². The number of hydrogen-bond acceptors (Lipinski definition) is 4. The first-order valence-electron chi connectivity index (χ1n) is 7.51. The molecule has 0 unspecified atom stereocenters. The van der Waals surface area contributed by atoms with Gasteiger partial charge in [0.1, 0.15) is 17.3 Å². The summed E-state index contributed by atoms with van der Waals surface area (Å²) in [6.45, 7) is 5.40. The van der Waals surface area contributed by atoms with Gasteiger partial charge in [0.05, 0.1) is 11.7 Å². The molecule has 0 fully saturated rings. The Morgan fingerprint density at radius 1 is 1.00 bits per heavy atom. The lowest BCUT2D eigenvalue weighted by molar-refractivity contribution is -0.116. The maximum atomic E-state index is 12.2. The van der Waals surface area contributed by atoms with E-state index in [2.05, 4.69) is 0 Å². The average molecular weight is 312 g/mol. The lowest BCUT2D eigenvalue weighted by atomic mass is 10.1. The summed E-state index contributed by atoms with van der Waals surface area (Å²) in [6, 6.07) is 13.8. The van der Waals surface area contributed by atoms with Crippen LogP contribution in [0.5, 0.6) is 11.5 Å². The van der Waals surface area contributed by atoms with Crippen LogP contribution in [0, 0.1) is 0 Å². The van der Waals surface area contributed by atoms with Gasteiger partial charge in [-0.05, 0) is 50.6 Å². The first kappa shape index (κ1) is 16.7. The van der Waals surface area contributed by atoms with Crippen LogP contribution >= 0.6 is 0 Å². The van der Waals surface area contributed by atoms with E-state index in [9.17, 15) is 9.59 Å². The zero-order chi connectivity index (χ0) is 16.8. The van der Waals surface area contributed by atoms with Crippen LogP contribution in [0.4, 0.5) is 0 Å². The Balaban J connectivity index is 2.05. The minimum Gasteiger partial charge on any atom is -0.491 e. The van der Waals surface area contributed by atoms with Gasteiger partial charge < -0.3 is 9.47 Å². The summed E-state index contributed by atoms with van der Waals surface area (Å²) in [5.74, 6) is 0.728. The van der Waals surface area contributed by atoms with Crippen molar-refractivity contribution < 1.29 is 19.1 Å². The Bertz CT molecular complexity index is 687. The maximum Gasteiger partial charge on any atom is 0.343 e. The number of ether oxygens (including phenoxy) is 2. The first-order chi connectivity index (χ1) is 10.9. The summed E-state index contributed by atoms with van der Waals surface area (Å²) < 4.78 is 10.9. The van der Waals surface area contributed by atoms with Crippen LogP contribution in [0.3, 0.4) is 0 Å². The van der Waals surface area contributed by atoms with E-state index in [0.717, 1.165) is 5.56 Å². The third kappa shape index (κ3) is 5.25. The van der Waals surface area contributed by atoms with E-state index >= 15 is 0 Å². The van der Waals surface area contributed by atoms with Gasteiger partial charge in [0, 0.05) is 12.5 Å². The van der Waals surface area contributed by atoms with Gasteiger partial charge in [-0.15, -0.1) is 0 Å². The lowest BCUT2D eigenvalue weighted by Gasteiger charge is -2.11. The molecule has 4 nitrogen and oxygen atoms in total. The zero-order valence-electron chi connectivity index (χ0n) is 13.5. The van der Waals surface area contributed by atoms with Crippen molar-refractivity contribution in [2.45, 2.75) is 33.3 Å². The number of Topliss-reactive ketones (excluding diaryl/α,β-unsaturated/α-hetero) is 1. The van der Waals surface area contributed by atoms with Crippen LogP contribution < -0.4 is 9.47 Å². The van der Waals surface area contributed by atoms with Crippen molar-refractivity contribution in [2.24, 2.45) is 0 Å². The summed E-state index contributed by atoms with van der Waals surface area (Å²) >= 11 is 0. The predicted octanol–water partition coefficient (Wildman–Crippen LogP) is 3.82. The molecule has 2 rings (SSSR count). The van der Waals surface area contributed by atoms with Crippen molar-refractivity contribution >= 4 is 11.8 Å². The molecule has 0 bridgehead atoms. The molecule has 0 aliphatic heterocycles. The fourth-order valence-corrected chi connectivity index (χ4v) is 2.10. The summed E-state index contributed by atoms with van der Waals surface area (Å²) in [5.41, 5.74) is 1.31. The van der Waals surface area contributed by atoms with Gasteiger partial charge in [0.25, 0.3) is 0 Å². The quantitative estimate of drug-likeness (QED) is 0.601. The standard InChI is InChI=1S/C19H20O4/c1-13(2)22-17-5-4-6-18(12-17)23-19(21)16-9-7-15(8-10-16)11-14(3)20/h4-10,12-13H,11H2,1-3H3. The molecule has 23 heavy (non-hydrogen) atoms. The summed E-state index contributed by atoms with van der Waals surface area (Å²) in [6.07, 6.45) is 0.416. The molecule has 0 saturated carbocycles. The van der Waals surface area contributed by atoms with Crippen molar-refractivity contribution in [3.05, 3.63) is 59.7 Å². The van der Waals surface area contributed by atoms with E-state index in [-0.39, 0.29) is 11.9 Å². The van der Waals surface area contributed by atoms with Crippen LogP contribution in [0.25, 0.3) is 0 Å². The molecule has 0 aliphatic rings. The van der Waals surface area contributed by atoms with Crippen LogP contribution in [0.2, 0.25) is 0 Å². The van der Waals surface area contributed by atoms with E-state index < -0.39 is 5.97 Å². The molecule has 0 atom stereocenters. The fourth-order valence-electron chi connectivity index (χ4n) is 2.10. The number of carbonyl (C=O) groups excluding carboxylic acids is 2. The van der Waals surface area contributed by atoms with Crippen molar-refractivity contribution in [1.29, 1.82) is 0 Å². The molecule has 2 aromatic carbocycles. The molecular weight excluding hydrogens is 292 g/mol. The highest BCUT2D eigenvalue weighted by atomic mass is 16.5. The van der Waals surface area contributed by atoms with Crippen molar-refractivity contribution in [2.75, 3.05) is 0 Å². The Kier molecular flexibility index (Phi) is 5.52. The monoisotopic (exact) mass is 312 g/mol. The number of ketones is 1. The minimum atomic E-state index is -0.443. The summed E-state index contributed by atoms with van der Waals surface area (Å²) in [7, 11) is 0. The lowest BCUT2D eigenvalue weighted by Crippen LogP contribution is -2.09. The van der Waals surface area contributed by atoms with Gasteiger partial charge in [0.2, 0.25) is 0 Å². The van der Waals surface area contributed by atoms with Crippen molar-refractivity contribution in [3.63, 3.8) is 0 Å². The number of rotatable bonds is 6. The van der Waals surface area contributed by atoms with Gasteiger partial charge >= 0.3 is 5.97 Å². The van der Waals surface area contributed by atoms with Crippen LogP contribution in [-0.4, -0.2) is 17.9 Å². The summed E-state index contributed by atoms with van der Waals surface area (Å²) in [4.78, 5) is 23.2. The molecule has 0 spiro atoms. The largest absolute Gasteiger partial charge is 0.491 e. The second-order valence-corrected chi connectivity index (χ2v) is 5.61. The van der Waals surface area contributed by atoms with E-state index in [1.807, 2.05) is 19.9 Å². The Morgan fingerprint density at radius 3 is 2.26 bits per heavy atom. The normalized spacial score (nSPS) is 10.4. The molecule has 4 heteroatoms. The Morgan fingerprint density at radius 2 is 1.65 bits per heavy atom. The number of carbonyl (C=O) groups is 2. The number of esters is 1. The van der Waals surface area contributed by atoms with E-state index in [0.29, 0.717) is 23.5 Å². The second-order valence-electron chi connectivity index (χ2n) is 5.61. The molecule has 0 radical (unpaired) electrons. The number of hydrogen-bond donors (Lipinski definition) is 0. The summed E-state index contributed by atoms with van der Waals surface area (Å²) in [5, 5.41) is 0. The average Bonchev–Trinajstić information content (AvgIpc) is 2.47. The highest BCUT2D eigenvalue weighted by Crippen LogP contribution is 2.21. The molecule has 0 N–H and O–H groups in total. The van der Waals surface area contributed by atoms with Crippen LogP contribution in [0.15, 0.2) is 48.5 Å². The third-order valence-corrected chi connectivity index (χ3v) is 3.03. The zero-order valence-corrected chi connectivity index (χ0v) is 13.5. The molecule has 0 amide bonds. The third-order valence-electron chi connectivity index (χ3n) is 3.03. The molecule has 0 aromatic heterocycles. The minimum absolute atomic E-state index is 0.0507. The highest BCUT2D eigenvalue weighted by Gasteiger charge is 2.10. The molecule has 0 aliphatic carbocycles. The highest BCUT2D eigenvalue weighted by molar-refractivity contribution is 5.91. The fraction of sp³-hybridized carbons (Fsp3) is 0.263. The molecular formula is C19H20O4. The molecule has 0 saturated heterocycles. The van der Waals surface area contributed by atoms with Gasteiger partial charge in [-0.1, -0.05) is 18.2 Å². The van der Waals surface area contributed by atoms with Crippen molar-refractivity contribution in [3.8, 4) is 11.5 Å². The van der Waals surface area contributed by atoms with Gasteiger partial charge in [-0.2, -0.15) is 0 Å². The topological polar surface area (TPSA) is 52.6 Å². The number of benzene rings is 2. The Hall–Kier alpha value is -2.62. The smallest absolute Gasteiger partial charge is 0.343 e. The van der Waals surface area contributed by atoms with Gasteiger partial charge in [-0.25, -0.2) is 4.79 Å². The van der Waals surface area contributed by atoms with Crippen LogP contribution in [0.1, 0.15) is 36.7 Å².